The van der Waals surface area contributed by atoms with Crippen LogP contribution in [0.15, 0.2) is 18.2 Å². The van der Waals surface area contributed by atoms with Crippen molar-refractivity contribution < 1.29 is 19.5 Å². The summed E-state index contributed by atoms with van der Waals surface area (Å²) in [4.78, 5) is 42.3. The quantitative estimate of drug-likeness (QED) is 0.758. The smallest absolute Gasteiger partial charge is 0.326 e. The summed E-state index contributed by atoms with van der Waals surface area (Å²) in [6, 6.07) is 4.75. The monoisotopic (exact) mass is 389 g/mol. The molecule has 1 aromatic heterocycles. The molecule has 2 atom stereocenters. The molecule has 144 valence electrons. The molecule has 0 aliphatic carbocycles. The Balaban J connectivity index is 1.70. The molecule has 0 saturated carbocycles. The Morgan fingerprint density at radius 3 is 2.93 bits per heavy atom. The standard InChI is InChI=1S/C19H23N3O4S/c1-3-4-5-14(19(25)26)21-18(24)12-8-17(23)22(10-12)13-6-7-16-15(9-13)20-11(2)27-16/h6-7,9,12,14H,3-5,8,10H2,1-2H3,(H,21,24)(H,25,26). The highest BCUT2D eigenvalue weighted by molar-refractivity contribution is 7.18. The van der Waals surface area contributed by atoms with Crippen molar-refractivity contribution in [1.82, 2.24) is 10.3 Å². The molecule has 7 nitrogen and oxygen atoms in total. The first-order chi connectivity index (χ1) is 12.9. The number of thiazole rings is 1. The van der Waals surface area contributed by atoms with Gasteiger partial charge >= 0.3 is 5.97 Å². The summed E-state index contributed by atoms with van der Waals surface area (Å²) < 4.78 is 1.05. The fourth-order valence-corrected chi connectivity index (χ4v) is 4.09. The lowest BCUT2D eigenvalue weighted by Gasteiger charge is -2.18. The number of carbonyl (C=O) groups excluding carboxylic acids is 2. The van der Waals surface area contributed by atoms with E-state index in [0.717, 1.165) is 28.1 Å². The Morgan fingerprint density at radius 2 is 2.22 bits per heavy atom. The largest absolute Gasteiger partial charge is 0.480 e. The fraction of sp³-hybridized carbons (Fsp3) is 0.474. The van der Waals surface area contributed by atoms with Gasteiger partial charge in [0, 0.05) is 18.7 Å². The number of nitrogens with zero attached hydrogens (tertiary/aromatic N) is 2. The number of hydrogen-bond acceptors (Lipinski definition) is 5. The predicted octanol–water partition coefficient (Wildman–Crippen LogP) is 2.72. The van der Waals surface area contributed by atoms with Crippen molar-refractivity contribution in [2.24, 2.45) is 5.92 Å². The topological polar surface area (TPSA) is 99.6 Å². The number of carboxylic acids is 1. The van der Waals surface area contributed by atoms with Gasteiger partial charge < -0.3 is 15.3 Å². The van der Waals surface area contributed by atoms with Gasteiger partial charge in [0.1, 0.15) is 6.04 Å². The minimum absolute atomic E-state index is 0.0834. The van der Waals surface area contributed by atoms with Crippen LogP contribution in [0.2, 0.25) is 0 Å². The molecule has 3 rings (SSSR count). The molecular weight excluding hydrogens is 366 g/mol. The zero-order valence-electron chi connectivity index (χ0n) is 15.4. The molecular formula is C19H23N3O4S. The summed E-state index contributed by atoms with van der Waals surface area (Å²) >= 11 is 1.59. The number of carbonyl (C=O) groups is 3. The zero-order chi connectivity index (χ0) is 19.6. The first kappa shape index (κ1) is 19.3. The van der Waals surface area contributed by atoms with Crippen molar-refractivity contribution in [2.75, 3.05) is 11.4 Å². The molecule has 0 spiro atoms. The van der Waals surface area contributed by atoms with Crippen LogP contribution in [0.25, 0.3) is 10.2 Å². The Kier molecular flexibility index (Phi) is 5.74. The third-order valence-electron chi connectivity index (χ3n) is 4.75. The van der Waals surface area contributed by atoms with Gasteiger partial charge in [-0.3, -0.25) is 9.59 Å². The van der Waals surface area contributed by atoms with Gasteiger partial charge in [-0.05, 0) is 31.5 Å². The van der Waals surface area contributed by atoms with Gasteiger partial charge in [0.25, 0.3) is 0 Å². The van der Waals surface area contributed by atoms with E-state index in [9.17, 15) is 19.5 Å². The molecule has 1 fully saturated rings. The number of unbranched alkanes of at least 4 members (excludes halogenated alkanes) is 1. The van der Waals surface area contributed by atoms with Crippen LogP contribution in [0, 0.1) is 12.8 Å². The summed E-state index contributed by atoms with van der Waals surface area (Å²) in [5.41, 5.74) is 1.55. The molecule has 1 aliphatic rings. The molecule has 2 aromatic rings. The summed E-state index contributed by atoms with van der Waals surface area (Å²) in [6.07, 6.45) is 2.05. The van der Waals surface area contributed by atoms with Crippen LogP contribution in [0.3, 0.4) is 0 Å². The Labute approximate surface area is 161 Å². The van der Waals surface area contributed by atoms with Crippen molar-refractivity contribution in [3.05, 3.63) is 23.2 Å². The number of amides is 2. The summed E-state index contributed by atoms with van der Waals surface area (Å²) in [5, 5.41) is 12.8. The van der Waals surface area contributed by atoms with Crippen LogP contribution < -0.4 is 10.2 Å². The van der Waals surface area contributed by atoms with Gasteiger partial charge in [-0.25, -0.2) is 9.78 Å². The second-order valence-electron chi connectivity index (χ2n) is 6.83. The minimum Gasteiger partial charge on any atom is -0.480 e. The highest BCUT2D eigenvalue weighted by Crippen LogP contribution is 2.30. The maximum atomic E-state index is 12.5. The normalized spacial score (nSPS) is 18.1. The molecule has 0 bridgehead atoms. The fourth-order valence-electron chi connectivity index (χ4n) is 3.29. The van der Waals surface area contributed by atoms with Gasteiger partial charge in [0.2, 0.25) is 11.8 Å². The van der Waals surface area contributed by atoms with Crippen LogP contribution in [0.5, 0.6) is 0 Å². The van der Waals surface area contributed by atoms with Gasteiger partial charge in [-0.1, -0.05) is 19.8 Å². The van der Waals surface area contributed by atoms with Gasteiger partial charge in [0.15, 0.2) is 0 Å². The molecule has 1 aliphatic heterocycles. The molecule has 2 amide bonds. The minimum atomic E-state index is -1.04. The van der Waals surface area contributed by atoms with E-state index in [-0.39, 0.29) is 24.8 Å². The SMILES string of the molecule is CCCCC(NC(=O)C1CC(=O)N(c2ccc3sc(C)nc3c2)C1)C(=O)O. The van der Waals surface area contributed by atoms with E-state index in [4.69, 9.17) is 0 Å². The Bertz CT molecular complexity index is 879. The molecule has 2 N–H and O–H groups in total. The summed E-state index contributed by atoms with van der Waals surface area (Å²) in [5.74, 6) is -2.10. The number of aryl methyl sites for hydroxylation is 1. The number of fused-ring (bicyclic) bond motifs is 1. The van der Waals surface area contributed by atoms with Crippen LogP contribution in [0.1, 0.15) is 37.6 Å². The Hall–Kier alpha value is -2.48. The second kappa shape index (κ2) is 8.04. The van der Waals surface area contributed by atoms with Crippen molar-refractivity contribution in [1.29, 1.82) is 0 Å². The van der Waals surface area contributed by atoms with Gasteiger partial charge in [-0.2, -0.15) is 0 Å². The number of aliphatic carboxylic acids is 1. The van der Waals surface area contributed by atoms with E-state index in [0.29, 0.717) is 12.1 Å². The lowest BCUT2D eigenvalue weighted by Crippen LogP contribution is -2.44. The van der Waals surface area contributed by atoms with Crippen LogP contribution in [-0.2, 0) is 14.4 Å². The van der Waals surface area contributed by atoms with E-state index in [1.165, 1.54) is 0 Å². The number of rotatable bonds is 7. The van der Waals surface area contributed by atoms with E-state index in [2.05, 4.69) is 10.3 Å². The predicted molar refractivity (Wildman–Crippen MR) is 104 cm³/mol. The number of hydrogen-bond donors (Lipinski definition) is 2. The van der Waals surface area contributed by atoms with E-state index < -0.39 is 17.9 Å². The highest BCUT2D eigenvalue weighted by atomic mass is 32.1. The van der Waals surface area contributed by atoms with E-state index >= 15 is 0 Å². The average molecular weight is 389 g/mol. The third kappa shape index (κ3) is 4.27. The summed E-state index contributed by atoms with van der Waals surface area (Å²) in [6.45, 7) is 4.15. The van der Waals surface area contributed by atoms with Crippen LogP contribution in [-0.4, -0.2) is 40.5 Å². The van der Waals surface area contributed by atoms with Crippen LogP contribution >= 0.6 is 11.3 Å². The maximum Gasteiger partial charge on any atom is 0.326 e. The molecule has 0 radical (unpaired) electrons. The molecule has 2 heterocycles. The lowest BCUT2D eigenvalue weighted by atomic mass is 10.1. The van der Waals surface area contributed by atoms with Gasteiger partial charge in [-0.15, -0.1) is 11.3 Å². The van der Waals surface area contributed by atoms with Crippen LogP contribution in [0.4, 0.5) is 5.69 Å². The first-order valence-electron chi connectivity index (χ1n) is 9.09. The van der Waals surface area contributed by atoms with Gasteiger partial charge in [0.05, 0.1) is 21.1 Å². The number of carboxylic acid groups (broad SMARTS) is 1. The first-order valence-corrected chi connectivity index (χ1v) is 9.91. The van der Waals surface area contributed by atoms with E-state index in [1.54, 1.807) is 16.2 Å². The van der Waals surface area contributed by atoms with Crippen molar-refractivity contribution in [3.63, 3.8) is 0 Å². The number of nitrogens with one attached hydrogen (secondary N) is 1. The van der Waals surface area contributed by atoms with Crippen molar-refractivity contribution >= 4 is 45.0 Å². The Morgan fingerprint density at radius 1 is 1.44 bits per heavy atom. The highest BCUT2D eigenvalue weighted by Gasteiger charge is 2.36. The second-order valence-corrected chi connectivity index (χ2v) is 8.07. The summed E-state index contributed by atoms with van der Waals surface area (Å²) in [7, 11) is 0. The number of benzene rings is 1. The molecule has 2 unspecified atom stereocenters. The van der Waals surface area contributed by atoms with Crippen molar-refractivity contribution in [2.45, 2.75) is 45.6 Å². The molecule has 27 heavy (non-hydrogen) atoms. The molecule has 1 aromatic carbocycles. The third-order valence-corrected chi connectivity index (χ3v) is 5.70. The average Bonchev–Trinajstić information content (AvgIpc) is 3.19. The molecule has 8 heteroatoms. The molecule has 1 saturated heterocycles. The lowest BCUT2D eigenvalue weighted by molar-refractivity contribution is -0.142. The number of aromatic nitrogens is 1. The zero-order valence-corrected chi connectivity index (χ0v) is 16.2. The maximum absolute atomic E-state index is 12.5. The number of anilines is 1. The van der Waals surface area contributed by atoms with E-state index in [1.807, 2.05) is 32.0 Å². The van der Waals surface area contributed by atoms with Crippen molar-refractivity contribution in [3.8, 4) is 0 Å².